The van der Waals surface area contributed by atoms with Gasteiger partial charge in [-0.05, 0) is 36.4 Å². The largest absolute Gasteiger partial charge is 0.497 e. The number of H-pyrrole nitrogens is 1. The summed E-state index contributed by atoms with van der Waals surface area (Å²) < 4.78 is 16.1. The van der Waals surface area contributed by atoms with Gasteiger partial charge in [-0.3, -0.25) is 9.69 Å². The van der Waals surface area contributed by atoms with E-state index in [0.29, 0.717) is 36.8 Å². The Hall–Kier alpha value is -3.56. The number of carbonyl (C=O) groups is 1. The van der Waals surface area contributed by atoms with Gasteiger partial charge in [0.05, 0.1) is 27.0 Å². The van der Waals surface area contributed by atoms with Crippen LogP contribution in [0.2, 0.25) is 0 Å². The average molecular weight is 480 g/mol. The molecule has 0 unspecified atom stereocenters. The number of hydrogen-bond donors (Lipinski definition) is 2. The Kier molecular flexibility index (Phi) is 5.89. The van der Waals surface area contributed by atoms with Crippen LogP contribution in [0.5, 0.6) is 17.2 Å². The van der Waals surface area contributed by atoms with Crippen LogP contribution in [0.4, 0.5) is 0 Å². The molecule has 0 radical (unpaired) electrons. The Balaban J connectivity index is 1.46. The van der Waals surface area contributed by atoms with Crippen molar-refractivity contribution in [1.82, 2.24) is 14.9 Å². The van der Waals surface area contributed by atoms with Crippen molar-refractivity contribution in [2.45, 2.75) is 19.0 Å². The van der Waals surface area contributed by atoms with E-state index in [-0.39, 0.29) is 0 Å². The summed E-state index contributed by atoms with van der Waals surface area (Å²) in [6.45, 7) is 1.13. The van der Waals surface area contributed by atoms with Crippen LogP contribution in [0.1, 0.15) is 22.2 Å². The van der Waals surface area contributed by atoms with Crippen molar-refractivity contribution in [3.8, 4) is 27.8 Å². The minimum absolute atomic E-state index is 0.522. The zero-order valence-corrected chi connectivity index (χ0v) is 19.9. The normalized spacial score (nSPS) is 14.6. The van der Waals surface area contributed by atoms with Crippen molar-refractivity contribution in [2.75, 3.05) is 27.9 Å². The molecule has 3 heterocycles. The summed E-state index contributed by atoms with van der Waals surface area (Å²) in [4.78, 5) is 23.6. The number of thiazole rings is 1. The summed E-state index contributed by atoms with van der Waals surface area (Å²) in [6.07, 6.45) is 2.48. The van der Waals surface area contributed by atoms with E-state index in [1.54, 1.807) is 38.9 Å². The van der Waals surface area contributed by atoms with Gasteiger partial charge >= 0.3 is 5.97 Å². The van der Waals surface area contributed by atoms with Gasteiger partial charge in [-0.1, -0.05) is 0 Å². The fourth-order valence-corrected chi connectivity index (χ4v) is 5.62. The van der Waals surface area contributed by atoms with E-state index in [1.165, 1.54) is 0 Å². The maximum atomic E-state index is 12.4. The number of nitrogens with one attached hydrogen (secondary N) is 1. The van der Waals surface area contributed by atoms with E-state index in [4.69, 9.17) is 19.2 Å². The molecule has 9 heteroatoms. The molecule has 0 aliphatic carbocycles. The van der Waals surface area contributed by atoms with E-state index in [9.17, 15) is 9.90 Å². The average Bonchev–Trinajstić information content (AvgIpc) is 3.47. The number of fused-ring (bicyclic) bond motifs is 2. The highest BCUT2D eigenvalue weighted by molar-refractivity contribution is 7.15. The molecular formula is C25H25N3O5S. The zero-order chi connectivity index (χ0) is 23.8. The van der Waals surface area contributed by atoms with Crippen molar-refractivity contribution in [3.63, 3.8) is 0 Å². The van der Waals surface area contributed by atoms with E-state index in [2.05, 4.69) is 4.98 Å². The summed E-state index contributed by atoms with van der Waals surface area (Å²) in [5.74, 6) is 1.13. The molecule has 0 saturated carbocycles. The number of carboxylic acid groups (broad SMARTS) is 1. The summed E-state index contributed by atoms with van der Waals surface area (Å²) in [7, 11) is 4.82. The second kappa shape index (κ2) is 9.00. The molecule has 1 aliphatic heterocycles. The molecule has 1 aliphatic rings. The molecule has 2 aromatic heterocycles. The molecule has 4 aromatic rings. The predicted molar refractivity (Wildman–Crippen MR) is 130 cm³/mol. The first-order valence-electron chi connectivity index (χ1n) is 10.8. The summed E-state index contributed by atoms with van der Waals surface area (Å²) >= 11 is 1.59. The minimum atomic E-state index is -0.878. The molecule has 8 nitrogen and oxygen atoms in total. The Morgan fingerprint density at radius 1 is 1.12 bits per heavy atom. The number of carboxylic acids is 1. The van der Waals surface area contributed by atoms with E-state index in [0.717, 1.165) is 37.6 Å². The number of methoxy groups -OCH3 is 3. The standard InChI is InChI=1S/C25H25N3O5S/c1-31-15-5-6-18-16(11-15)17(12-26-18)23(25(29)30)28-9-8-19-22(13-28)34-24(27-19)14-4-7-20(32-2)21(10-14)33-3/h4-7,10-12,23,26H,8-9,13H2,1-3H3,(H,29,30)/t23-/m1/s1. The third kappa shape index (κ3) is 3.86. The Bertz CT molecular complexity index is 1360. The van der Waals surface area contributed by atoms with Crippen molar-refractivity contribution in [2.24, 2.45) is 0 Å². The molecule has 34 heavy (non-hydrogen) atoms. The maximum absolute atomic E-state index is 12.4. The Labute approximate surface area is 200 Å². The van der Waals surface area contributed by atoms with Gasteiger partial charge in [-0.25, -0.2) is 4.98 Å². The van der Waals surface area contributed by atoms with Crippen molar-refractivity contribution < 1.29 is 24.1 Å². The highest BCUT2D eigenvalue weighted by atomic mass is 32.1. The summed E-state index contributed by atoms with van der Waals surface area (Å²) in [6, 6.07) is 10.6. The van der Waals surface area contributed by atoms with E-state index in [1.807, 2.05) is 41.3 Å². The monoisotopic (exact) mass is 479 g/mol. The number of nitrogens with zero attached hydrogens (tertiary/aromatic N) is 2. The fourth-order valence-electron chi connectivity index (χ4n) is 4.49. The van der Waals surface area contributed by atoms with Gasteiger partial charge in [-0.15, -0.1) is 11.3 Å². The lowest BCUT2D eigenvalue weighted by Gasteiger charge is -2.31. The summed E-state index contributed by atoms with van der Waals surface area (Å²) in [5.41, 5.74) is 3.58. The first-order valence-corrected chi connectivity index (χ1v) is 11.7. The van der Waals surface area contributed by atoms with E-state index >= 15 is 0 Å². The van der Waals surface area contributed by atoms with Crippen molar-refractivity contribution in [3.05, 3.63) is 58.7 Å². The minimum Gasteiger partial charge on any atom is -0.497 e. The third-order valence-electron chi connectivity index (χ3n) is 6.21. The lowest BCUT2D eigenvalue weighted by atomic mass is 10.0. The van der Waals surface area contributed by atoms with Crippen LogP contribution in [-0.2, 0) is 17.8 Å². The van der Waals surface area contributed by atoms with Crippen LogP contribution < -0.4 is 14.2 Å². The van der Waals surface area contributed by atoms with Gasteiger partial charge in [0.15, 0.2) is 11.5 Å². The Morgan fingerprint density at radius 2 is 1.94 bits per heavy atom. The highest BCUT2D eigenvalue weighted by Gasteiger charge is 2.33. The van der Waals surface area contributed by atoms with Gasteiger partial charge in [0.2, 0.25) is 0 Å². The molecule has 5 rings (SSSR count). The molecule has 0 bridgehead atoms. The number of hydrogen-bond acceptors (Lipinski definition) is 7. The second-order valence-electron chi connectivity index (χ2n) is 8.08. The van der Waals surface area contributed by atoms with Crippen LogP contribution >= 0.6 is 11.3 Å². The van der Waals surface area contributed by atoms with Crippen LogP contribution in [-0.4, -0.2) is 53.8 Å². The molecule has 0 saturated heterocycles. The van der Waals surface area contributed by atoms with Crippen molar-refractivity contribution in [1.29, 1.82) is 0 Å². The molecular weight excluding hydrogens is 454 g/mol. The quantitative estimate of drug-likeness (QED) is 0.403. The van der Waals surface area contributed by atoms with Gasteiger partial charge in [0.25, 0.3) is 0 Å². The van der Waals surface area contributed by atoms with Crippen LogP contribution in [0.15, 0.2) is 42.6 Å². The lowest BCUT2D eigenvalue weighted by Crippen LogP contribution is -2.37. The molecule has 1 atom stereocenters. The first-order chi connectivity index (χ1) is 16.5. The number of aromatic amines is 1. The molecule has 0 fully saturated rings. The van der Waals surface area contributed by atoms with Crippen LogP contribution in [0, 0.1) is 0 Å². The van der Waals surface area contributed by atoms with Gasteiger partial charge in [-0.2, -0.15) is 0 Å². The number of ether oxygens (including phenoxy) is 3. The molecule has 2 N–H and O–H groups in total. The van der Waals surface area contributed by atoms with Crippen molar-refractivity contribution >= 4 is 28.2 Å². The van der Waals surface area contributed by atoms with E-state index < -0.39 is 12.0 Å². The smallest absolute Gasteiger partial charge is 0.325 e. The molecule has 0 amide bonds. The lowest BCUT2D eigenvalue weighted by molar-refractivity contribution is -0.144. The molecule has 176 valence electrons. The number of benzene rings is 2. The number of aliphatic carboxylic acids is 1. The van der Waals surface area contributed by atoms with Gasteiger partial charge in [0.1, 0.15) is 16.8 Å². The number of aromatic nitrogens is 2. The fraction of sp³-hybridized carbons (Fsp3) is 0.280. The highest BCUT2D eigenvalue weighted by Crippen LogP contribution is 2.39. The third-order valence-corrected chi connectivity index (χ3v) is 7.34. The van der Waals surface area contributed by atoms with Crippen LogP contribution in [0.3, 0.4) is 0 Å². The molecule has 0 spiro atoms. The molecule has 2 aromatic carbocycles. The number of rotatable bonds is 7. The van der Waals surface area contributed by atoms with Gasteiger partial charge < -0.3 is 24.3 Å². The SMILES string of the molecule is COc1ccc2[nH]cc([C@H](C(=O)O)N3CCc4nc(-c5ccc(OC)c(OC)c5)sc4C3)c2c1. The first kappa shape index (κ1) is 22.2. The van der Waals surface area contributed by atoms with Crippen LogP contribution in [0.25, 0.3) is 21.5 Å². The zero-order valence-electron chi connectivity index (χ0n) is 19.1. The topological polar surface area (TPSA) is 96.9 Å². The second-order valence-corrected chi connectivity index (χ2v) is 9.16. The predicted octanol–water partition coefficient (Wildman–Crippen LogP) is 4.50. The summed E-state index contributed by atoms with van der Waals surface area (Å²) in [5, 5.41) is 11.9. The van der Waals surface area contributed by atoms with Gasteiger partial charge in [0, 0.05) is 52.6 Å². The maximum Gasteiger partial charge on any atom is 0.325 e. The Morgan fingerprint density at radius 3 is 2.68 bits per heavy atom.